The van der Waals surface area contributed by atoms with E-state index in [0.717, 1.165) is 24.8 Å². The van der Waals surface area contributed by atoms with Gasteiger partial charge in [0.1, 0.15) is 0 Å². The quantitative estimate of drug-likeness (QED) is 0.666. The van der Waals surface area contributed by atoms with E-state index in [9.17, 15) is 10.2 Å². The van der Waals surface area contributed by atoms with Gasteiger partial charge < -0.3 is 10.2 Å². The molecule has 4 aliphatic rings. The first kappa shape index (κ1) is 15.2. The average Bonchev–Trinajstić information content (AvgIpc) is 2.64. The SMILES string of the molecule is C=C1[C@@H]2CC[C@H]3[C@]4(C)CCCC(C)(C)[C@H]4C[C@H](O)[C@]3(C2)[C@H]1O. The lowest BCUT2D eigenvalue weighted by Crippen LogP contribution is -2.63. The van der Waals surface area contributed by atoms with E-state index < -0.39 is 6.10 Å². The van der Waals surface area contributed by atoms with Crippen LogP contribution >= 0.6 is 0 Å². The standard InChI is InChI=1S/C20H32O2/c1-12-13-6-7-14-19(4)9-5-8-18(2,3)15(19)10-16(21)20(14,11-13)17(12)22/h13-17,21-22H,1,5-11H2,2-4H3/t13-,14+,15-,16+,17+,19+,20-/m1/s1. The third-order valence-corrected chi connectivity index (χ3v) is 8.59. The third kappa shape index (κ3) is 1.59. The van der Waals surface area contributed by atoms with Gasteiger partial charge >= 0.3 is 0 Å². The molecule has 4 fully saturated rings. The van der Waals surface area contributed by atoms with Gasteiger partial charge in [-0.15, -0.1) is 0 Å². The summed E-state index contributed by atoms with van der Waals surface area (Å²) in [6.07, 6.45) is 7.18. The molecule has 0 aromatic carbocycles. The summed E-state index contributed by atoms with van der Waals surface area (Å²) in [5.74, 6) is 1.48. The first-order chi connectivity index (χ1) is 10.2. The Morgan fingerprint density at radius 2 is 1.77 bits per heavy atom. The Kier molecular flexibility index (Phi) is 3.03. The van der Waals surface area contributed by atoms with E-state index >= 15 is 0 Å². The predicted octanol–water partition coefficient (Wildman–Crippen LogP) is 3.92. The molecule has 0 aromatic heterocycles. The second-order valence-electron chi connectivity index (χ2n) is 9.77. The monoisotopic (exact) mass is 304 g/mol. The van der Waals surface area contributed by atoms with Crippen molar-refractivity contribution >= 4 is 0 Å². The van der Waals surface area contributed by atoms with Crippen molar-refractivity contribution in [2.75, 3.05) is 0 Å². The molecule has 0 radical (unpaired) electrons. The number of rotatable bonds is 0. The van der Waals surface area contributed by atoms with Gasteiger partial charge in [-0.25, -0.2) is 0 Å². The molecule has 4 rings (SSSR count). The highest BCUT2D eigenvalue weighted by Gasteiger charge is 2.69. The van der Waals surface area contributed by atoms with E-state index in [-0.39, 0.29) is 16.9 Å². The number of hydrogen-bond acceptors (Lipinski definition) is 2. The lowest BCUT2D eigenvalue weighted by atomic mass is 9.40. The molecule has 124 valence electrons. The van der Waals surface area contributed by atoms with Crippen LogP contribution in [0, 0.1) is 34.0 Å². The second-order valence-corrected chi connectivity index (χ2v) is 9.77. The van der Waals surface area contributed by atoms with Gasteiger partial charge in [-0.05, 0) is 72.7 Å². The van der Waals surface area contributed by atoms with E-state index in [1.54, 1.807) is 0 Å². The summed E-state index contributed by atoms with van der Waals surface area (Å²) in [6.45, 7) is 11.5. The minimum atomic E-state index is -0.484. The minimum absolute atomic E-state index is 0.275. The van der Waals surface area contributed by atoms with Gasteiger partial charge in [0.25, 0.3) is 0 Å². The molecule has 2 heteroatoms. The van der Waals surface area contributed by atoms with Crippen molar-refractivity contribution in [2.45, 2.75) is 77.9 Å². The molecule has 2 bridgehead atoms. The number of fused-ring (bicyclic) bond motifs is 3. The molecule has 0 unspecified atom stereocenters. The molecule has 0 heterocycles. The van der Waals surface area contributed by atoms with Crippen molar-refractivity contribution in [3.05, 3.63) is 12.2 Å². The summed E-state index contributed by atoms with van der Waals surface area (Å²) >= 11 is 0. The molecular formula is C20H32O2. The molecule has 0 aromatic rings. The Hall–Kier alpha value is -0.340. The first-order valence-electron chi connectivity index (χ1n) is 9.28. The number of aliphatic hydroxyl groups is 2. The molecule has 0 saturated heterocycles. The highest BCUT2D eigenvalue weighted by atomic mass is 16.3. The molecule has 4 saturated carbocycles. The van der Waals surface area contributed by atoms with Gasteiger partial charge in [0, 0.05) is 5.41 Å². The van der Waals surface area contributed by atoms with Crippen LogP contribution in [0.1, 0.15) is 65.7 Å². The molecule has 2 N–H and O–H groups in total. The maximum Gasteiger partial charge on any atom is 0.0834 e. The lowest BCUT2D eigenvalue weighted by molar-refractivity contribution is -0.219. The van der Waals surface area contributed by atoms with Crippen LogP contribution in [-0.2, 0) is 0 Å². The number of aliphatic hydroxyl groups excluding tert-OH is 2. The van der Waals surface area contributed by atoms with Crippen LogP contribution in [-0.4, -0.2) is 22.4 Å². The maximum absolute atomic E-state index is 11.2. The third-order valence-electron chi connectivity index (χ3n) is 8.59. The summed E-state index contributed by atoms with van der Waals surface area (Å²) in [4.78, 5) is 0. The molecule has 22 heavy (non-hydrogen) atoms. The summed E-state index contributed by atoms with van der Waals surface area (Å²) in [7, 11) is 0. The molecule has 4 aliphatic carbocycles. The molecule has 2 nitrogen and oxygen atoms in total. The normalized spacial score (nSPS) is 56.4. The van der Waals surface area contributed by atoms with E-state index in [2.05, 4.69) is 27.4 Å². The maximum atomic E-state index is 11.2. The van der Waals surface area contributed by atoms with Gasteiger partial charge in [-0.3, -0.25) is 0 Å². The molecule has 0 amide bonds. The highest BCUT2D eigenvalue weighted by Crippen LogP contribution is 2.71. The second kappa shape index (κ2) is 4.39. The zero-order chi connectivity index (χ0) is 15.9. The summed E-state index contributed by atoms with van der Waals surface area (Å²) in [5, 5.41) is 22.2. The van der Waals surface area contributed by atoms with Crippen LogP contribution in [0.25, 0.3) is 0 Å². The van der Waals surface area contributed by atoms with Crippen LogP contribution in [0.15, 0.2) is 12.2 Å². The largest absolute Gasteiger partial charge is 0.392 e. The highest BCUT2D eigenvalue weighted by molar-refractivity contribution is 5.29. The van der Waals surface area contributed by atoms with Crippen LogP contribution in [0.2, 0.25) is 0 Å². The van der Waals surface area contributed by atoms with Crippen molar-refractivity contribution in [2.24, 2.45) is 34.0 Å². The fourth-order valence-electron chi connectivity index (χ4n) is 7.60. The van der Waals surface area contributed by atoms with Crippen molar-refractivity contribution in [1.29, 1.82) is 0 Å². The number of hydrogen-bond donors (Lipinski definition) is 2. The van der Waals surface area contributed by atoms with Gasteiger partial charge in [-0.2, -0.15) is 0 Å². The fourth-order valence-corrected chi connectivity index (χ4v) is 7.60. The summed E-state index contributed by atoms with van der Waals surface area (Å²) in [5.41, 5.74) is 1.31. The van der Waals surface area contributed by atoms with Crippen LogP contribution < -0.4 is 0 Å². The Labute approximate surface area is 135 Å². The zero-order valence-electron chi connectivity index (χ0n) is 14.4. The van der Waals surface area contributed by atoms with Crippen molar-refractivity contribution in [3.63, 3.8) is 0 Å². The predicted molar refractivity (Wildman–Crippen MR) is 88.3 cm³/mol. The van der Waals surface area contributed by atoms with Crippen LogP contribution in [0.4, 0.5) is 0 Å². The Bertz CT molecular complexity index is 510. The van der Waals surface area contributed by atoms with E-state index in [1.165, 1.54) is 25.7 Å². The average molecular weight is 304 g/mol. The van der Waals surface area contributed by atoms with Gasteiger partial charge in [-0.1, -0.05) is 33.8 Å². The van der Waals surface area contributed by atoms with E-state index in [0.29, 0.717) is 23.2 Å². The van der Waals surface area contributed by atoms with Gasteiger partial charge in [0.2, 0.25) is 0 Å². The molecule has 1 spiro atoms. The lowest BCUT2D eigenvalue weighted by Gasteiger charge is -2.65. The topological polar surface area (TPSA) is 40.5 Å². The van der Waals surface area contributed by atoms with Gasteiger partial charge in [0.15, 0.2) is 0 Å². The zero-order valence-corrected chi connectivity index (χ0v) is 14.4. The Morgan fingerprint density at radius 3 is 2.50 bits per heavy atom. The summed E-state index contributed by atoms with van der Waals surface area (Å²) < 4.78 is 0. The van der Waals surface area contributed by atoms with Gasteiger partial charge in [0.05, 0.1) is 12.2 Å². The first-order valence-corrected chi connectivity index (χ1v) is 9.28. The smallest absolute Gasteiger partial charge is 0.0834 e. The van der Waals surface area contributed by atoms with E-state index in [1.807, 2.05) is 0 Å². The minimum Gasteiger partial charge on any atom is -0.392 e. The Balaban J connectivity index is 1.82. The van der Waals surface area contributed by atoms with E-state index in [4.69, 9.17) is 0 Å². The fraction of sp³-hybridized carbons (Fsp3) is 0.900. The van der Waals surface area contributed by atoms with Crippen molar-refractivity contribution in [1.82, 2.24) is 0 Å². The van der Waals surface area contributed by atoms with Crippen molar-refractivity contribution < 1.29 is 10.2 Å². The van der Waals surface area contributed by atoms with Crippen LogP contribution in [0.5, 0.6) is 0 Å². The molecule has 7 atom stereocenters. The summed E-state index contributed by atoms with van der Waals surface area (Å²) in [6, 6.07) is 0. The van der Waals surface area contributed by atoms with Crippen molar-refractivity contribution in [3.8, 4) is 0 Å². The molecular weight excluding hydrogens is 272 g/mol. The molecule has 0 aliphatic heterocycles. The van der Waals surface area contributed by atoms with Crippen LogP contribution in [0.3, 0.4) is 0 Å². The Morgan fingerprint density at radius 1 is 1.05 bits per heavy atom.